The maximum Gasteiger partial charge on any atom is 0.141 e. The zero-order chi connectivity index (χ0) is 22.8. The number of anilines is 3. The Kier molecular flexibility index (Phi) is 5.98. The van der Waals surface area contributed by atoms with Crippen molar-refractivity contribution in [3.05, 3.63) is 77.3 Å². The normalized spacial score (nSPS) is 13.8. The molecule has 168 valence electrons. The van der Waals surface area contributed by atoms with E-state index in [2.05, 4.69) is 32.3 Å². The van der Waals surface area contributed by atoms with Crippen molar-refractivity contribution in [1.82, 2.24) is 9.97 Å². The van der Waals surface area contributed by atoms with E-state index in [1.54, 1.807) is 6.07 Å². The number of hydrogen-bond donors (Lipinski definition) is 1. The van der Waals surface area contributed by atoms with Crippen molar-refractivity contribution in [3.8, 4) is 11.5 Å². The van der Waals surface area contributed by atoms with Crippen LogP contribution >= 0.6 is 11.6 Å². The Morgan fingerprint density at radius 3 is 2.67 bits per heavy atom. The summed E-state index contributed by atoms with van der Waals surface area (Å²) >= 11 is 5.91. The standard InChI is InChI=1S/C25H22ClFN4O2/c1-16-12-18(31-8-10-32-11-9-31)3-7-24(16)33-19-4-6-23-20(14-19)25(29-15-28-23)30-17-2-5-22(27)21(26)13-17/h2-7,12-15H,8-11H2,1H3,(H,28,29,30). The van der Waals surface area contributed by atoms with Gasteiger partial charge < -0.3 is 19.7 Å². The van der Waals surface area contributed by atoms with Gasteiger partial charge in [-0.3, -0.25) is 0 Å². The van der Waals surface area contributed by atoms with Crippen molar-refractivity contribution in [1.29, 1.82) is 0 Å². The highest BCUT2D eigenvalue weighted by Crippen LogP contribution is 2.33. The second-order valence-corrected chi connectivity index (χ2v) is 8.21. The van der Waals surface area contributed by atoms with Crippen molar-refractivity contribution in [2.24, 2.45) is 0 Å². The predicted octanol–water partition coefficient (Wildman–Crippen LogP) is 6.10. The highest BCUT2D eigenvalue weighted by atomic mass is 35.5. The number of ether oxygens (including phenoxy) is 2. The van der Waals surface area contributed by atoms with Crippen LogP contribution in [0.4, 0.5) is 21.6 Å². The van der Waals surface area contributed by atoms with Crippen molar-refractivity contribution in [2.45, 2.75) is 6.92 Å². The summed E-state index contributed by atoms with van der Waals surface area (Å²) in [6.07, 6.45) is 1.48. The van der Waals surface area contributed by atoms with Gasteiger partial charge >= 0.3 is 0 Å². The van der Waals surface area contributed by atoms with Gasteiger partial charge in [0.15, 0.2) is 0 Å². The lowest BCUT2D eigenvalue weighted by Crippen LogP contribution is -2.36. The third-order valence-electron chi connectivity index (χ3n) is 5.55. The van der Waals surface area contributed by atoms with Crippen LogP contribution in [0.1, 0.15) is 5.56 Å². The Hall–Kier alpha value is -3.42. The summed E-state index contributed by atoms with van der Waals surface area (Å²) < 4.78 is 25.1. The van der Waals surface area contributed by atoms with Crippen LogP contribution in [-0.4, -0.2) is 36.3 Å². The van der Waals surface area contributed by atoms with E-state index in [0.717, 1.165) is 48.5 Å². The summed E-state index contributed by atoms with van der Waals surface area (Å²) in [7, 11) is 0. The fourth-order valence-electron chi connectivity index (χ4n) is 3.80. The maximum atomic E-state index is 13.5. The molecule has 0 aliphatic carbocycles. The minimum absolute atomic E-state index is 0.0402. The van der Waals surface area contributed by atoms with Crippen molar-refractivity contribution < 1.29 is 13.9 Å². The first-order valence-electron chi connectivity index (χ1n) is 10.6. The largest absolute Gasteiger partial charge is 0.457 e. The summed E-state index contributed by atoms with van der Waals surface area (Å²) in [5, 5.41) is 4.00. The second-order valence-electron chi connectivity index (χ2n) is 7.81. The molecule has 6 nitrogen and oxygen atoms in total. The van der Waals surface area contributed by atoms with E-state index in [4.69, 9.17) is 21.1 Å². The highest BCUT2D eigenvalue weighted by molar-refractivity contribution is 6.31. The average molecular weight is 465 g/mol. The number of hydrogen-bond acceptors (Lipinski definition) is 6. The van der Waals surface area contributed by atoms with E-state index in [1.807, 2.05) is 31.2 Å². The van der Waals surface area contributed by atoms with Gasteiger partial charge in [-0.05, 0) is 67.1 Å². The Balaban J connectivity index is 1.41. The number of rotatable bonds is 5. The van der Waals surface area contributed by atoms with E-state index >= 15 is 0 Å². The molecule has 1 aliphatic heterocycles. The fraction of sp³-hybridized carbons (Fsp3) is 0.200. The number of aromatic nitrogens is 2. The van der Waals surface area contributed by atoms with E-state index in [1.165, 1.54) is 24.1 Å². The molecule has 1 aliphatic rings. The van der Waals surface area contributed by atoms with Gasteiger partial charge in [-0.1, -0.05) is 11.6 Å². The Morgan fingerprint density at radius 2 is 1.88 bits per heavy atom. The lowest BCUT2D eigenvalue weighted by atomic mass is 10.1. The Labute approximate surface area is 195 Å². The van der Waals surface area contributed by atoms with Gasteiger partial charge in [0.1, 0.15) is 29.5 Å². The first-order chi connectivity index (χ1) is 16.1. The van der Waals surface area contributed by atoms with Gasteiger partial charge in [0.25, 0.3) is 0 Å². The molecule has 1 aromatic heterocycles. The molecule has 3 aromatic carbocycles. The molecule has 0 bridgehead atoms. The number of nitrogens with one attached hydrogen (secondary N) is 1. The van der Waals surface area contributed by atoms with Crippen LogP contribution in [-0.2, 0) is 4.74 Å². The summed E-state index contributed by atoms with van der Waals surface area (Å²) in [6.45, 7) is 5.31. The second kappa shape index (κ2) is 9.21. The molecule has 0 atom stereocenters. The predicted molar refractivity (Wildman–Crippen MR) is 129 cm³/mol. The lowest BCUT2D eigenvalue weighted by molar-refractivity contribution is 0.122. The SMILES string of the molecule is Cc1cc(N2CCOCC2)ccc1Oc1ccc2ncnc(Nc3ccc(F)c(Cl)c3)c2c1. The Bertz CT molecular complexity index is 1310. The third kappa shape index (κ3) is 4.69. The van der Waals surface area contributed by atoms with Crippen LogP contribution in [0.15, 0.2) is 60.9 Å². The smallest absolute Gasteiger partial charge is 0.141 e. The van der Waals surface area contributed by atoms with Crippen molar-refractivity contribution >= 4 is 39.7 Å². The van der Waals surface area contributed by atoms with Gasteiger partial charge in [-0.2, -0.15) is 0 Å². The third-order valence-corrected chi connectivity index (χ3v) is 5.84. The molecule has 33 heavy (non-hydrogen) atoms. The van der Waals surface area contributed by atoms with Gasteiger partial charge in [0, 0.05) is 29.9 Å². The van der Waals surface area contributed by atoms with Crippen LogP contribution in [0, 0.1) is 12.7 Å². The summed E-state index contributed by atoms with van der Waals surface area (Å²) in [4.78, 5) is 11.0. The van der Waals surface area contributed by atoms with Crippen molar-refractivity contribution in [2.75, 3.05) is 36.5 Å². The van der Waals surface area contributed by atoms with Crippen LogP contribution in [0.25, 0.3) is 10.9 Å². The summed E-state index contributed by atoms with van der Waals surface area (Å²) in [6, 6.07) is 16.3. The van der Waals surface area contributed by atoms with E-state index in [-0.39, 0.29) is 5.02 Å². The number of nitrogens with zero attached hydrogens (tertiary/aromatic N) is 3. The first-order valence-corrected chi connectivity index (χ1v) is 11.0. The highest BCUT2D eigenvalue weighted by Gasteiger charge is 2.13. The number of halogens is 2. The zero-order valence-electron chi connectivity index (χ0n) is 18.0. The van der Waals surface area contributed by atoms with Gasteiger partial charge in [-0.25, -0.2) is 14.4 Å². The average Bonchev–Trinajstić information content (AvgIpc) is 2.83. The van der Waals surface area contributed by atoms with E-state index in [9.17, 15) is 4.39 Å². The molecule has 0 saturated carbocycles. The molecule has 0 amide bonds. The molecule has 0 spiro atoms. The molecule has 1 N–H and O–H groups in total. The van der Waals surface area contributed by atoms with Crippen LogP contribution in [0.3, 0.4) is 0 Å². The molecule has 4 aromatic rings. The molecule has 5 rings (SSSR count). The fourth-order valence-corrected chi connectivity index (χ4v) is 3.98. The minimum Gasteiger partial charge on any atom is -0.457 e. The van der Waals surface area contributed by atoms with Crippen molar-refractivity contribution in [3.63, 3.8) is 0 Å². The molecule has 2 heterocycles. The minimum atomic E-state index is -0.472. The summed E-state index contributed by atoms with van der Waals surface area (Å²) in [5.41, 5.74) is 3.59. The molecule has 8 heteroatoms. The number of morpholine rings is 1. The molecular formula is C25H22ClFN4O2. The number of fused-ring (bicyclic) bond motifs is 1. The van der Waals surface area contributed by atoms with E-state index in [0.29, 0.717) is 17.3 Å². The zero-order valence-corrected chi connectivity index (χ0v) is 18.8. The molecule has 1 saturated heterocycles. The monoisotopic (exact) mass is 464 g/mol. The lowest BCUT2D eigenvalue weighted by Gasteiger charge is -2.29. The van der Waals surface area contributed by atoms with Gasteiger partial charge in [0.2, 0.25) is 0 Å². The molecule has 1 fully saturated rings. The Morgan fingerprint density at radius 1 is 1.03 bits per heavy atom. The number of benzene rings is 3. The molecule has 0 radical (unpaired) electrons. The topological polar surface area (TPSA) is 59.5 Å². The molecular weight excluding hydrogens is 443 g/mol. The summed E-state index contributed by atoms with van der Waals surface area (Å²) in [5.74, 6) is 1.55. The quantitative estimate of drug-likeness (QED) is 0.385. The maximum absolute atomic E-state index is 13.5. The van der Waals surface area contributed by atoms with Crippen LogP contribution in [0.2, 0.25) is 5.02 Å². The number of aryl methyl sites for hydroxylation is 1. The van der Waals surface area contributed by atoms with Crippen LogP contribution in [0.5, 0.6) is 11.5 Å². The van der Waals surface area contributed by atoms with E-state index < -0.39 is 5.82 Å². The first kappa shape index (κ1) is 21.4. The van der Waals surface area contributed by atoms with Crippen LogP contribution < -0.4 is 15.0 Å². The van der Waals surface area contributed by atoms with Gasteiger partial charge in [0.05, 0.1) is 23.8 Å². The van der Waals surface area contributed by atoms with Gasteiger partial charge in [-0.15, -0.1) is 0 Å². The molecule has 0 unspecified atom stereocenters.